The van der Waals surface area contributed by atoms with Crippen LogP contribution in [-0.4, -0.2) is 33.6 Å². The first-order chi connectivity index (χ1) is 13.2. The molecule has 28 heavy (non-hydrogen) atoms. The fraction of sp³-hybridized carbons (Fsp3) is 0.294. The largest absolute Gasteiger partial charge is 0.417 e. The molecule has 3 rings (SSSR count). The molecule has 1 aliphatic heterocycles. The Morgan fingerprint density at radius 1 is 1.43 bits per heavy atom. The summed E-state index contributed by atoms with van der Waals surface area (Å²) in [5.74, 6) is -0.0469. The number of hydrogen-bond donors (Lipinski definition) is 3. The molecule has 0 saturated heterocycles. The van der Waals surface area contributed by atoms with E-state index in [1.165, 1.54) is 11.0 Å². The maximum Gasteiger partial charge on any atom is 0.417 e. The summed E-state index contributed by atoms with van der Waals surface area (Å²) in [4.78, 5) is 14.3. The van der Waals surface area contributed by atoms with Gasteiger partial charge in [0.05, 0.1) is 28.9 Å². The summed E-state index contributed by atoms with van der Waals surface area (Å²) in [6.45, 7) is 1.72. The zero-order valence-electron chi connectivity index (χ0n) is 14.6. The summed E-state index contributed by atoms with van der Waals surface area (Å²) in [6, 6.07) is 4.57. The molecule has 148 valence electrons. The van der Waals surface area contributed by atoms with Crippen molar-refractivity contribution in [3.8, 4) is 0 Å². The van der Waals surface area contributed by atoms with Crippen LogP contribution in [0.15, 0.2) is 47.0 Å². The second-order valence-corrected chi connectivity index (χ2v) is 6.66. The smallest absolute Gasteiger partial charge is 0.342 e. The number of amides is 1. The number of carbonyl (C=O) groups excluding carboxylic acids is 1. The first-order valence-electron chi connectivity index (χ1n) is 8.25. The van der Waals surface area contributed by atoms with Crippen molar-refractivity contribution in [2.75, 3.05) is 11.9 Å². The zero-order valence-corrected chi connectivity index (χ0v) is 15.4. The Bertz CT molecular complexity index is 925. The number of benzene rings is 1. The molecule has 0 spiro atoms. The molecule has 1 aromatic carbocycles. The Hall–Kier alpha value is -2.88. The Morgan fingerprint density at radius 2 is 2.18 bits per heavy atom. The fourth-order valence-corrected chi connectivity index (χ4v) is 3.31. The summed E-state index contributed by atoms with van der Waals surface area (Å²) >= 11 is 5.89. The van der Waals surface area contributed by atoms with E-state index >= 15 is 0 Å². The molecule has 0 radical (unpaired) electrons. The van der Waals surface area contributed by atoms with Crippen molar-refractivity contribution >= 4 is 23.3 Å². The van der Waals surface area contributed by atoms with Gasteiger partial charge in [-0.05, 0) is 19.1 Å². The molecule has 7 nitrogen and oxygen atoms in total. The molecule has 2 aromatic rings. The molecule has 1 aliphatic rings. The second-order valence-electron chi connectivity index (χ2n) is 6.28. The van der Waals surface area contributed by atoms with Crippen LogP contribution in [0.25, 0.3) is 0 Å². The Kier molecular flexibility index (Phi) is 5.41. The number of nitrogens with one attached hydrogen (secondary N) is 3. The standard InChI is InChI=1S/C17H16ClF3N6O/c1-9-7-12(24-14-5-6-23-26-14)13(25-22)8-27(9)16(28)10-3-2-4-11(15(10)18)17(19,20)21/h2-6,9,22H,7-8H2,1H3,(H2,23,24,26)/t9-/m1/s1. The molecule has 0 saturated carbocycles. The minimum Gasteiger partial charge on any atom is -0.342 e. The van der Waals surface area contributed by atoms with E-state index in [9.17, 15) is 18.0 Å². The number of aromatic nitrogens is 2. The number of halogens is 4. The highest BCUT2D eigenvalue weighted by atomic mass is 35.5. The van der Waals surface area contributed by atoms with Crippen molar-refractivity contribution in [3.63, 3.8) is 0 Å². The lowest BCUT2D eigenvalue weighted by molar-refractivity contribution is -0.137. The average Bonchev–Trinajstić information content (AvgIpc) is 3.13. The number of alkyl halides is 3. The predicted molar refractivity (Wildman–Crippen MR) is 96.0 cm³/mol. The number of anilines is 1. The van der Waals surface area contributed by atoms with Crippen LogP contribution < -0.4 is 5.32 Å². The zero-order chi connectivity index (χ0) is 20.5. The molecule has 11 heteroatoms. The first kappa shape index (κ1) is 19.9. The summed E-state index contributed by atoms with van der Waals surface area (Å²) in [7, 11) is 0. The van der Waals surface area contributed by atoms with Gasteiger partial charge >= 0.3 is 6.18 Å². The van der Waals surface area contributed by atoms with Crippen LogP contribution in [0.4, 0.5) is 19.0 Å². The van der Waals surface area contributed by atoms with Gasteiger partial charge in [-0.1, -0.05) is 17.7 Å². The minimum atomic E-state index is -4.66. The maximum absolute atomic E-state index is 13.1. The summed E-state index contributed by atoms with van der Waals surface area (Å²) < 4.78 is 39.3. The lowest BCUT2D eigenvalue weighted by Crippen LogP contribution is -2.44. The molecular weight excluding hydrogens is 397 g/mol. The summed E-state index contributed by atoms with van der Waals surface area (Å²) in [6.07, 6.45) is -2.78. The Labute approximate surface area is 163 Å². The first-order valence-corrected chi connectivity index (χ1v) is 8.62. The second kappa shape index (κ2) is 7.63. The maximum atomic E-state index is 13.1. The minimum absolute atomic E-state index is 0.0352. The van der Waals surface area contributed by atoms with E-state index in [1.807, 2.05) is 0 Å². The normalized spacial score (nSPS) is 17.6. The highest BCUT2D eigenvalue weighted by Crippen LogP contribution is 2.37. The van der Waals surface area contributed by atoms with Crippen LogP contribution >= 0.6 is 11.6 Å². The van der Waals surface area contributed by atoms with Gasteiger partial charge in [-0.2, -0.15) is 23.4 Å². The van der Waals surface area contributed by atoms with Crippen LogP contribution in [0.3, 0.4) is 0 Å². The van der Waals surface area contributed by atoms with Gasteiger partial charge in [0.1, 0.15) is 11.5 Å². The quantitative estimate of drug-likeness (QED) is 0.636. The predicted octanol–water partition coefficient (Wildman–Crippen LogP) is 4.67. The molecule has 1 atom stereocenters. The van der Waals surface area contributed by atoms with Gasteiger partial charge in [0.15, 0.2) is 0 Å². The molecule has 2 heterocycles. The van der Waals surface area contributed by atoms with E-state index in [-0.39, 0.29) is 18.2 Å². The third-order valence-electron chi connectivity index (χ3n) is 4.42. The van der Waals surface area contributed by atoms with Gasteiger partial charge in [0, 0.05) is 24.2 Å². The monoisotopic (exact) mass is 412 g/mol. The van der Waals surface area contributed by atoms with Crippen LogP contribution in [0, 0.1) is 5.53 Å². The van der Waals surface area contributed by atoms with Crippen molar-refractivity contribution in [3.05, 3.63) is 58.0 Å². The van der Waals surface area contributed by atoms with E-state index in [0.29, 0.717) is 23.6 Å². The number of H-pyrrole nitrogens is 1. The number of rotatable bonds is 4. The van der Waals surface area contributed by atoms with Crippen molar-refractivity contribution in [2.24, 2.45) is 5.11 Å². The summed E-state index contributed by atoms with van der Waals surface area (Å²) in [5, 5.41) is 12.5. The summed E-state index contributed by atoms with van der Waals surface area (Å²) in [5.41, 5.74) is 7.03. The highest BCUT2D eigenvalue weighted by molar-refractivity contribution is 6.34. The molecule has 0 bridgehead atoms. The highest BCUT2D eigenvalue weighted by Gasteiger charge is 2.36. The van der Waals surface area contributed by atoms with E-state index < -0.39 is 22.7 Å². The van der Waals surface area contributed by atoms with Gasteiger partial charge in [0.25, 0.3) is 5.91 Å². The van der Waals surface area contributed by atoms with E-state index in [1.54, 1.807) is 19.2 Å². The van der Waals surface area contributed by atoms with E-state index in [0.717, 1.165) is 12.1 Å². The number of aromatic amines is 1. The molecule has 1 aromatic heterocycles. The number of hydrogen-bond acceptors (Lipinski definition) is 5. The van der Waals surface area contributed by atoms with Gasteiger partial charge < -0.3 is 10.2 Å². The third kappa shape index (κ3) is 3.86. The number of nitrogens with zero attached hydrogens (tertiary/aromatic N) is 3. The van der Waals surface area contributed by atoms with Gasteiger partial charge in [-0.25, -0.2) is 5.53 Å². The van der Waals surface area contributed by atoms with Gasteiger partial charge in [-0.15, -0.1) is 0 Å². The molecule has 0 unspecified atom stereocenters. The SMILES string of the molecule is C[C@@H]1CC(Nc2ccn[nH]2)=C(N=N)CN1C(=O)c1cccc(C(F)(F)F)c1Cl. The molecule has 0 fully saturated rings. The molecule has 3 N–H and O–H groups in total. The molecule has 0 aliphatic carbocycles. The van der Waals surface area contributed by atoms with Crippen LogP contribution in [0.2, 0.25) is 5.02 Å². The van der Waals surface area contributed by atoms with Crippen molar-refractivity contribution in [1.29, 1.82) is 5.53 Å². The fourth-order valence-electron chi connectivity index (χ4n) is 2.99. The van der Waals surface area contributed by atoms with Crippen LogP contribution in [0.1, 0.15) is 29.3 Å². The van der Waals surface area contributed by atoms with E-state index in [4.69, 9.17) is 17.1 Å². The van der Waals surface area contributed by atoms with E-state index in [2.05, 4.69) is 20.6 Å². The Balaban J connectivity index is 1.90. The van der Waals surface area contributed by atoms with Gasteiger partial charge in [-0.3, -0.25) is 9.89 Å². The Morgan fingerprint density at radius 3 is 2.79 bits per heavy atom. The van der Waals surface area contributed by atoms with Crippen molar-refractivity contribution in [1.82, 2.24) is 15.1 Å². The number of carbonyl (C=O) groups is 1. The van der Waals surface area contributed by atoms with Crippen molar-refractivity contribution in [2.45, 2.75) is 25.6 Å². The molecule has 1 amide bonds. The van der Waals surface area contributed by atoms with Crippen LogP contribution in [0.5, 0.6) is 0 Å². The lowest BCUT2D eigenvalue weighted by atomic mass is 10.0. The van der Waals surface area contributed by atoms with Crippen molar-refractivity contribution < 1.29 is 18.0 Å². The lowest BCUT2D eigenvalue weighted by Gasteiger charge is -2.35. The van der Waals surface area contributed by atoms with Crippen LogP contribution in [-0.2, 0) is 6.18 Å². The average molecular weight is 413 g/mol. The van der Waals surface area contributed by atoms with Gasteiger partial charge in [0.2, 0.25) is 0 Å². The third-order valence-corrected chi connectivity index (χ3v) is 4.82. The molecular formula is C17H16ClF3N6O. The topological polar surface area (TPSA) is 97.2 Å².